The van der Waals surface area contributed by atoms with E-state index < -0.39 is 10.0 Å². The number of sulfonamides is 1. The van der Waals surface area contributed by atoms with Crippen molar-refractivity contribution in [2.75, 3.05) is 0 Å². The summed E-state index contributed by atoms with van der Waals surface area (Å²) in [7, 11) is -3.43. The molecule has 4 atom stereocenters. The number of nitrogens with two attached hydrogens (primary N) is 1. The number of hydrogen-bond donors (Lipinski definition) is 2. The molecule has 3 rings (SSSR count). The van der Waals surface area contributed by atoms with E-state index in [-0.39, 0.29) is 12.6 Å². The fourth-order valence-electron chi connectivity index (χ4n) is 4.02. The summed E-state index contributed by atoms with van der Waals surface area (Å²) in [4.78, 5) is 1.10. The van der Waals surface area contributed by atoms with E-state index in [1.54, 1.807) is 11.4 Å². The van der Waals surface area contributed by atoms with Gasteiger partial charge in [-0.15, -0.1) is 11.3 Å². The smallest absolute Gasteiger partial charge is 0.241 e. The Hall–Kier alpha value is -0.430. The van der Waals surface area contributed by atoms with Gasteiger partial charge < -0.3 is 5.73 Å². The molecule has 1 aromatic heterocycles. The predicted octanol–water partition coefficient (Wildman–Crippen LogP) is 2.31. The van der Waals surface area contributed by atoms with Gasteiger partial charge in [0.05, 0.1) is 4.90 Å². The van der Waals surface area contributed by atoms with E-state index in [4.69, 9.17) is 5.73 Å². The zero-order chi connectivity index (χ0) is 14.3. The predicted molar refractivity (Wildman–Crippen MR) is 80.9 cm³/mol. The molecule has 4 unspecified atom stereocenters. The lowest BCUT2D eigenvalue weighted by molar-refractivity contribution is 0.280. The van der Waals surface area contributed by atoms with E-state index in [1.807, 2.05) is 6.92 Å². The summed E-state index contributed by atoms with van der Waals surface area (Å²) in [6, 6.07) is 1.67. The van der Waals surface area contributed by atoms with Crippen LogP contribution in [0.5, 0.6) is 0 Å². The van der Waals surface area contributed by atoms with Crippen molar-refractivity contribution in [1.82, 2.24) is 4.72 Å². The molecule has 0 amide bonds. The van der Waals surface area contributed by atoms with Gasteiger partial charge in [0.15, 0.2) is 0 Å². The van der Waals surface area contributed by atoms with Gasteiger partial charge in [0.2, 0.25) is 10.0 Å². The Labute approximate surface area is 124 Å². The third-order valence-electron chi connectivity index (χ3n) is 4.96. The molecule has 2 aliphatic rings. The summed E-state index contributed by atoms with van der Waals surface area (Å²) in [5, 5.41) is 1.79. The Morgan fingerprint density at radius 1 is 1.45 bits per heavy atom. The van der Waals surface area contributed by atoms with Crippen molar-refractivity contribution in [1.29, 1.82) is 0 Å². The van der Waals surface area contributed by atoms with Gasteiger partial charge >= 0.3 is 0 Å². The minimum Gasteiger partial charge on any atom is -0.326 e. The van der Waals surface area contributed by atoms with Crippen molar-refractivity contribution in [3.63, 3.8) is 0 Å². The minimum atomic E-state index is -3.43. The molecule has 0 aliphatic heterocycles. The van der Waals surface area contributed by atoms with Crippen LogP contribution in [0, 0.1) is 17.8 Å². The Morgan fingerprint density at radius 3 is 2.85 bits per heavy atom. The first-order chi connectivity index (χ1) is 9.51. The first kappa shape index (κ1) is 14.5. The first-order valence-electron chi connectivity index (χ1n) is 7.30. The Bertz CT molecular complexity index is 582. The van der Waals surface area contributed by atoms with Crippen LogP contribution in [0.4, 0.5) is 0 Å². The monoisotopic (exact) mass is 314 g/mol. The Balaban J connectivity index is 1.73. The summed E-state index contributed by atoms with van der Waals surface area (Å²) in [5.41, 5.74) is 5.61. The van der Waals surface area contributed by atoms with Crippen LogP contribution in [0.25, 0.3) is 0 Å². The van der Waals surface area contributed by atoms with Crippen LogP contribution in [0.3, 0.4) is 0 Å². The van der Waals surface area contributed by atoms with Gasteiger partial charge in [0, 0.05) is 17.5 Å². The lowest BCUT2D eigenvalue weighted by atomic mass is 9.84. The highest BCUT2D eigenvalue weighted by Gasteiger charge is 2.42. The van der Waals surface area contributed by atoms with Crippen LogP contribution in [0.15, 0.2) is 16.3 Å². The van der Waals surface area contributed by atoms with Gasteiger partial charge in [-0.2, -0.15) is 0 Å². The van der Waals surface area contributed by atoms with Gasteiger partial charge in [0.1, 0.15) is 0 Å². The number of nitrogens with one attached hydrogen (secondary N) is 1. The van der Waals surface area contributed by atoms with Gasteiger partial charge in [-0.25, -0.2) is 13.1 Å². The van der Waals surface area contributed by atoms with E-state index >= 15 is 0 Å². The first-order valence-corrected chi connectivity index (χ1v) is 9.66. The average Bonchev–Trinajstić information content (AvgIpc) is 3.13. The van der Waals surface area contributed by atoms with Gasteiger partial charge in [-0.1, -0.05) is 6.42 Å². The topological polar surface area (TPSA) is 72.2 Å². The third-order valence-corrected chi connectivity index (χ3v) is 7.67. The number of rotatable bonds is 5. The lowest BCUT2D eigenvalue weighted by Crippen LogP contribution is -2.40. The molecule has 0 spiro atoms. The molecule has 2 fully saturated rings. The second-order valence-electron chi connectivity index (χ2n) is 6.16. The highest BCUT2D eigenvalue weighted by Crippen LogP contribution is 2.49. The van der Waals surface area contributed by atoms with Gasteiger partial charge in [-0.05, 0) is 55.4 Å². The van der Waals surface area contributed by atoms with Crippen LogP contribution >= 0.6 is 11.3 Å². The summed E-state index contributed by atoms with van der Waals surface area (Å²) in [6.45, 7) is 2.29. The third kappa shape index (κ3) is 2.54. The second-order valence-corrected chi connectivity index (χ2v) is 8.84. The highest BCUT2D eigenvalue weighted by molar-refractivity contribution is 7.89. The van der Waals surface area contributed by atoms with Crippen LogP contribution in [0.2, 0.25) is 0 Å². The Morgan fingerprint density at radius 2 is 2.25 bits per heavy atom. The standard InChI is InChI=1S/C14H22N2O2S2/c1-9(12-7-10-2-3-11(12)6-10)16-20(17,18)14-4-5-19-13(14)8-15/h4-5,9-12,16H,2-3,6-8,15H2,1H3. The molecular formula is C14H22N2O2S2. The van der Waals surface area contributed by atoms with Crippen LogP contribution in [0.1, 0.15) is 37.5 Å². The van der Waals surface area contributed by atoms with Crippen LogP contribution in [-0.2, 0) is 16.6 Å². The number of fused-ring (bicyclic) bond motifs is 2. The molecule has 1 aromatic rings. The van der Waals surface area contributed by atoms with E-state index in [1.165, 1.54) is 37.0 Å². The molecule has 2 saturated carbocycles. The van der Waals surface area contributed by atoms with Gasteiger partial charge in [-0.3, -0.25) is 0 Å². The molecule has 0 radical (unpaired) electrons. The second kappa shape index (κ2) is 5.40. The maximum atomic E-state index is 12.5. The van der Waals surface area contributed by atoms with Crippen molar-refractivity contribution in [3.8, 4) is 0 Å². The van der Waals surface area contributed by atoms with Crippen molar-refractivity contribution >= 4 is 21.4 Å². The molecule has 6 heteroatoms. The maximum absolute atomic E-state index is 12.5. The van der Waals surface area contributed by atoms with Crippen molar-refractivity contribution in [3.05, 3.63) is 16.3 Å². The number of hydrogen-bond acceptors (Lipinski definition) is 4. The van der Waals surface area contributed by atoms with Crippen molar-refractivity contribution in [2.45, 2.75) is 50.1 Å². The molecule has 1 heterocycles. The summed E-state index contributed by atoms with van der Waals surface area (Å²) in [5.74, 6) is 2.05. The fraction of sp³-hybridized carbons (Fsp3) is 0.714. The molecule has 2 aliphatic carbocycles. The highest BCUT2D eigenvalue weighted by atomic mass is 32.2. The Kier molecular flexibility index (Phi) is 3.92. The quantitative estimate of drug-likeness (QED) is 0.876. The average molecular weight is 314 g/mol. The fourth-order valence-corrected chi connectivity index (χ4v) is 6.65. The van der Waals surface area contributed by atoms with Crippen molar-refractivity contribution < 1.29 is 8.42 Å². The molecule has 0 saturated heterocycles. The SMILES string of the molecule is CC(NS(=O)(=O)c1ccsc1CN)C1CC2CCC1C2. The van der Waals surface area contributed by atoms with E-state index in [2.05, 4.69) is 4.72 Å². The molecular weight excluding hydrogens is 292 g/mol. The van der Waals surface area contributed by atoms with Gasteiger partial charge in [0.25, 0.3) is 0 Å². The zero-order valence-corrected chi connectivity index (χ0v) is 13.3. The maximum Gasteiger partial charge on any atom is 0.241 e. The molecule has 4 nitrogen and oxygen atoms in total. The molecule has 2 bridgehead atoms. The lowest BCUT2D eigenvalue weighted by Gasteiger charge is -2.28. The minimum absolute atomic E-state index is 0.0147. The van der Waals surface area contributed by atoms with Crippen LogP contribution in [-0.4, -0.2) is 14.5 Å². The molecule has 0 aromatic carbocycles. The summed E-state index contributed by atoms with van der Waals surface area (Å²) >= 11 is 1.40. The molecule has 3 N–H and O–H groups in total. The molecule has 20 heavy (non-hydrogen) atoms. The normalized spacial score (nSPS) is 30.8. The van der Waals surface area contributed by atoms with Crippen LogP contribution < -0.4 is 10.5 Å². The van der Waals surface area contributed by atoms with E-state index in [0.29, 0.717) is 16.7 Å². The van der Waals surface area contributed by atoms with E-state index in [0.717, 1.165) is 10.8 Å². The van der Waals surface area contributed by atoms with E-state index in [9.17, 15) is 8.42 Å². The summed E-state index contributed by atoms with van der Waals surface area (Å²) < 4.78 is 27.9. The summed E-state index contributed by atoms with van der Waals surface area (Å²) in [6.07, 6.45) is 5.08. The zero-order valence-electron chi connectivity index (χ0n) is 11.7. The largest absolute Gasteiger partial charge is 0.326 e. The molecule has 112 valence electrons. The van der Waals surface area contributed by atoms with Crippen molar-refractivity contribution in [2.24, 2.45) is 23.5 Å². The number of thiophene rings is 1.